The summed E-state index contributed by atoms with van der Waals surface area (Å²) in [7, 11) is 1.80. The van der Waals surface area contributed by atoms with Crippen LogP contribution in [-0.4, -0.2) is 29.5 Å². The maximum absolute atomic E-state index is 11.2. The summed E-state index contributed by atoms with van der Waals surface area (Å²) in [5, 5.41) is 3.67. The van der Waals surface area contributed by atoms with Gasteiger partial charge in [0.25, 0.3) is 0 Å². The predicted molar refractivity (Wildman–Crippen MR) is 61.0 cm³/mol. The Morgan fingerprint density at radius 3 is 2.33 bits per heavy atom. The third-order valence-corrected chi connectivity index (χ3v) is 2.45. The largest absolute Gasteiger partial charge is 0.278 e. The number of carbonyl (C=O) groups excluding carboxylic acids is 1. The Bertz CT molecular complexity index is 311. The van der Waals surface area contributed by atoms with Gasteiger partial charge in [-0.2, -0.15) is 0 Å². The summed E-state index contributed by atoms with van der Waals surface area (Å²) in [4.78, 5) is 11.2. The molecule has 1 aromatic rings. The first kappa shape index (κ1) is 11.7. The Hall–Kier alpha value is -1.35. The first-order chi connectivity index (χ1) is 7.15. The maximum Gasteiger partial charge on any atom is 0.233 e. The van der Waals surface area contributed by atoms with Gasteiger partial charge in [-0.1, -0.05) is 37.3 Å². The zero-order valence-electron chi connectivity index (χ0n) is 9.60. The Balaban J connectivity index is 2.66. The van der Waals surface area contributed by atoms with Crippen molar-refractivity contribution in [1.82, 2.24) is 10.0 Å². The Kier molecular flexibility index (Phi) is 4.31. The normalized spacial score (nSPS) is 10.4. The van der Waals surface area contributed by atoms with Crippen LogP contribution in [0.2, 0.25) is 0 Å². The molecule has 0 radical (unpaired) electrons. The standard InChI is InChI=1S/C12H18N2O/c1-4-14(13(3)11(2)15)10-12-8-6-5-7-9-12/h5-9H,4,10H2,1-3H3. The van der Waals surface area contributed by atoms with Crippen LogP contribution >= 0.6 is 0 Å². The van der Waals surface area contributed by atoms with Gasteiger partial charge in [-0.25, -0.2) is 5.01 Å². The molecule has 3 heteroatoms. The number of nitrogens with zero attached hydrogens (tertiary/aromatic N) is 2. The molecule has 15 heavy (non-hydrogen) atoms. The SMILES string of the molecule is CCN(Cc1ccccc1)N(C)C(C)=O. The molecule has 0 aliphatic heterocycles. The van der Waals surface area contributed by atoms with Gasteiger partial charge in [-0.3, -0.25) is 9.80 Å². The second-order valence-corrected chi connectivity index (χ2v) is 3.51. The van der Waals surface area contributed by atoms with E-state index in [2.05, 4.69) is 12.1 Å². The molecular weight excluding hydrogens is 188 g/mol. The lowest BCUT2D eigenvalue weighted by molar-refractivity contribution is -0.143. The van der Waals surface area contributed by atoms with Crippen molar-refractivity contribution in [3.8, 4) is 0 Å². The minimum atomic E-state index is 0.0628. The summed E-state index contributed by atoms with van der Waals surface area (Å²) in [6.07, 6.45) is 0. The van der Waals surface area contributed by atoms with Crippen LogP contribution in [0.15, 0.2) is 30.3 Å². The molecule has 1 amide bonds. The van der Waals surface area contributed by atoms with Crippen molar-refractivity contribution in [2.45, 2.75) is 20.4 Å². The molecule has 0 heterocycles. The topological polar surface area (TPSA) is 23.6 Å². The summed E-state index contributed by atoms with van der Waals surface area (Å²) >= 11 is 0. The average molecular weight is 206 g/mol. The number of amides is 1. The van der Waals surface area contributed by atoms with Crippen molar-refractivity contribution in [2.75, 3.05) is 13.6 Å². The van der Waals surface area contributed by atoms with E-state index in [0.29, 0.717) is 0 Å². The van der Waals surface area contributed by atoms with Crippen LogP contribution in [0.4, 0.5) is 0 Å². The molecule has 0 atom stereocenters. The number of carbonyl (C=O) groups is 1. The first-order valence-electron chi connectivity index (χ1n) is 5.18. The van der Waals surface area contributed by atoms with Gasteiger partial charge in [0, 0.05) is 27.1 Å². The Morgan fingerprint density at radius 1 is 1.27 bits per heavy atom. The molecule has 0 aliphatic carbocycles. The minimum Gasteiger partial charge on any atom is -0.278 e. The summed E-state index contributed by atoms with van der Waals surface area (Å²) in [6, 6.07) is 10.1. The van der Waals surface area contributed by atoms with Crippen molar-refractivity contribution in [1.29, 1.82) is 0 Å². The smallest absolute Gasteiger partial charge is 0.233 e. The molecule has 1 aromatic carbocycles. The summed E-state index contributed by atoms with van der Waals surface area (Å²) in [5.74, 6) is 0.0628. The lowest BCUT2D eigenvalue weighted by Gasteiger charge is -2.30. The molecule has 0 saturated carbocycles. The summed E-state index contributed by atoms with van der Waals surface area (Å²) in [6.45, 7) is 5.22. The van der Waals surface area contributed by atoms with Gasteiger partial charge in [-0.15, -0.1) is 0 Å². The van der Waals surface area contributed by atoms with E-state index in [0.717, 1.165) is 13.1 Å². The molecule has 82 valence electrons. The zero-order chi connectivity index (χ0) is 11.3. The highest BCUT2D eigenvalue weighted by Gasteiger charge is 2.11. The van der Waals surface area contributed by atoms with Gasteiger partial charge >= 0.3 is 0 Å². The van der Waals surface area contributed by atoms with Crippen molar-refractivity contribution >= 4 is 5.91 Å². The van der Waals surface area contributed by atoms with Gasteiger partial charge in [-0.05, 0) is 5.56 Å². The first-order valence-corrected chi connectivity index (χ1v) is 5.18. The third-order valence-electron chi connectivity index (χ3n) is 2.45. The van der Waals surface area contributed by atoms with Crippen LogP contribution in [0.3, 0.4) is 0 Å². The molecule has 0 N–H and O–H groups in total. The Morgan fingerprint density at radius 2 is 1.87 bits per heavy atom. The number of hydrazine groups is 1. The fourth-order valence-electron chi connectivity index (χ4n) is 1.42. The van der Waals surface area contributed by atoms with Crippen LogP contribution in [0.25, 0.3) is 0 Å². The summed E-state index contributed by atoms with van der Waals surface area (Å²) in [5.41, 5.74) is 1.22. The highest BCUT2D eigenvalue weighted by Crippen LogP contribution is 2.06. The molecule has 0 bridgehead atoms. The van der Waals surface area contributed by atoms with Gasteiger partial charge in [0.1, 0.15) is 0 Å². The van der Waals surface area contributed by atoms with Crippen LogP contribution < -0.4 is 0 Å². The van der Waals surface area contributed by atoms with Gasteiger partial charge in [0.05, 0.1) is 0 Å². The highest BCUT2D eigenvalue weighted by atomic mass is 16.2. The van der Waals surface area contributed by atoms with Crippen LogP contribution in [0.1, 0.15) is 19.4 Å². The van der Waals surface area contributed by atoms with E-state index in [1.807, 2.05) is 30.1 Å². The highest BCUT2D eigenvalue weighted by molar-refractivity contribution is 5.72. The number of hydrogen-bond acceptors (Lipinski definition) is 2. The Labute approximate surface area is 91.3 Å². The second-order valence-electron chi connectivity index (χ2n) is 3.51. The van der Waals surface area contributed by atoms with Crippen LogP contribution in [0, 0.1) is 0 Å². The number of rotatable bonds is 4. The molecule has 0 spiro atoms. The molecule has 0 unspecified atom stereocenters. The number of benzene rings is 1. The van der Waals surface area contributed by atoms with E-state index >= 15 is 0 Å². The van der Waals surface area contributed by atoms with E-state index in [4.69, 9.17) is 0 Å². The van der Waals surface area contributed by atoms with Crippen molar-refractivity contribution in [3.63, 3.8) is 0 Å². The van der Waals surface area contributed by atoms with Crippen LogP contribution in [-0.2, 0) is 11.3 Å². The van der Waals surface area contributed by atoms with Crippen molar-refractivity contribution < 1.29 is 4.79 Å². The third kappa shape index (κ3) is 3.36. The summed E-state index contributed by atoms with van der Waals surface area (Å²) < 4.78 is 0. The van der Waals surface area contributed by atoms with Crippen molar-refractivity contribution in [2.24, 2.45) is 0 Å². The van der Waals surface area contributed by atoms with E-state index in [1.54, 1.807) is 19.0 Å². The molecule has 0 saturated heterocycles. The quantitative estimate of drug-likeness (QED) is 0.702. The fraction of sp³-hybridized carbons (Fsp3) is 0.417. The number of hydrogen-bond donors (Lipinski definition) is 0. The van der Waals surface area contributed by atoms with E-state index in [-0.39, 0.29) is 5.91 Å². The van der Waals surface area contributed by atoms with Gasteiger partial charge in [0.15, 0.2) is 0 Å². The molecule has 0 fully saturated rings. The van der Waals surface area contributed by atoms with E-state index in [1.165, 1.54) is 5.56 Å². The predicted octanol–water partition coefficient (Wildman–Crippen LogP) is 1.90. The zero-order valence-corrected chi connectivity index (χ0v) is 9.60. The van der Waals surface area contributed by atoms with Gasteiger partial charge < -0.3 is 0 Å². The molecular formula is C12H18N2O. The van der Waals surface area contributed by atoms with Crippen molar-refractivity contribution in [3.05, 3.63) is 35.9 Å². The van der Waals surface area contributed by atoms with Gasteiger partial charge in [0.2, 0.25) is 5.91 Å². The lowest BCUT2D eigenvalue weighted by Crippen LogP contribution is -2.42. The fourth-order valence-corrected chi connectivity index (χ4v) is 1.42. The van der Waals surface area contributed by atoms with E-state index in [9.17, 15) is 4.79 Å². The molecule has 0 aromatic heterocycles. The average Bonchev–Trinajstić information content (AvgIpc) is 2.26. The maximum atomic E-state index is 11.2. The van der Waals surface area contributed by atoms with Crippen LogP contribution in [0.5, 0.6) is 0 Å². The molecule has 3 nitrogen and oxygen atoms in total. The lowest BCUT2D eigenvalue weighted by atomic mass is 10.2. The monoisotopic (exact) mass is 206 g/mol. The van der Waals surface area contributed by atoms with E-state index < -0.39 is 0 Å². The molecule has 1 rings (SSSR count). The minimum absolute atomic E-state index is 0.0628. The second kappa shape index (κ2) is 5.51. The molecule has 0 aliphatic rings.